The van der Waals surface area contributed by atoms with Crippen LogP contribution in [0.4, 0.5) is 0 Å². The molecule has 0 aliphatic heterocycles. The molecular formula is C14H14O4. The van der Waals surface area contributed by atoms with E-state index in [0.717, 1.165) is 10.9 Å². The van der Waals surface area contributed by atoms with Gasteiger partial charge in [-0.2, -0.15) is 0 Å². The molecule has 94 valence electrons. The normalized spacial score (nSPS) is 11.2. The van der Waals surface area contributed by atoms with Gasteiger partial charge in [0.15, 0.2) is 0 Å². The molecule has 0 fully saturated rings. The molecule has 2 aromatic rings. The van der Waals surface area contributed by atoms with E-state index >= 15 is 0 Å². The van der Waals surface area contributed by atoms with Crippen LogP contribution in [0.25, 0.3) is 17.0 Å². The molecule has 18 heavy (non-hydrogen) atoms. The summed E-state index contributed by atoms with van der Waals surface area (Å²) in [5.74, 6) is 0.371. The molecule has 1 N–H and O–H groups in total. The zero-order chi connectivity index (χ0) is 13.1. The number of carbonyl (C=O) groups is 1. The number of phenolic OH excluding ortho intramolecular Hbond substituents is 1. The molecule has 4 heteroatoms. The number of hydrogen-bond acceptors (Lipinski definition) is 4. The summed E-state index contributed by atoms with van der Waals surface area (Å²) in [7, 11) is 0. The maximum absolute atomic E-state index is 11.2. The maximum Gasteiger partial charge on any atom is 0.330 e. The first-order valence-electron chi connectivity index (χ1n) is 5.68. The van der Waals surface area contributed by atoms with Crippen molar-refractivity contribution in [2.24, 2.45) is 0 Å². The molecule has 0 bridgehead atoms. The molecule has 0 aliphatic carbocycles. The van der Waals surface area contributed by atoms with E-state index in [9.17, 15) is 9.90 Å². The van der Waals surface area contributed by atoms with Crippen molar-refractivity contribution < 1.29 is 19.1 Å². The third kappa shape index (κ3) is 2.37. The average Bonchev–Trinajstić information content (AvgIpc) is 2.64. The quantitative estimate of drug-likeness (QED) is 0.668. The number of phenols is 1. The molecule has 0 unspecified atom stereocenters. The van der Waals surface area contributed by atoms with E-state index in [-0.39, 0.29) is 5.75 Å². The van der Waals surface area contributed by atoms with E-state index in [1.807, 2.05) is 6.92 Å². The summed E-state index contributed by atoms with van der Waals surface area (Å²) in [5, 5.41) is 10.3. The van der Waals surface area contributed by atoms with Crippen LogP contribution in [0.2, 0.25) is 0 Å². The SMILES string of the molecule is CCOC(=O)/C=C/c1oc2ccc(O)cc2c1C. The Morgan fingerprint density at radius 2 is 2.28 bits per heavy atom. The Bertz CT molecular complexity index is 608. The summed E-state index contributed by atoms with van der Waals surface area (Å²) >= 11 is 0. The topological polar surface area (TPSA) is 59.7 Å². The third-order valence-corrected chi connectivity index (χ3v) is 2.61. The molecule has 0 amide bonds. The molecule has 0 spiro atoms. The minimum atomic E-state index is -0.403. The number of furan rings is 1. The van der Waals surface area contributed by atoms with E-state index < -0.39 is 5.97 Å². The fourth-order valence-corrected chi connectivity index (χ4v) is 1.72. The van der Waals surface area contributed by atoms with Gasteiger partial charge in [-0.05, 0) is 38.1 Å². The first-order chi connectivity index (χ1) is 8.61. The lowest BCUT2D eigenvalue weighted by Crippen LogP contribution is -1.98. The number of fused-ring (bicyclic) bond motifs is 1. The summed E-state index contributed by atoms with van der Waals surface area (Å²) in [6.07, 6.45) is 2.90. The van der Waals surface area contributed by atoms with Crippen molar-refractivity contribution in [2.45, 2.75) is 13.8 Å². The van der Waals surface area contributed by atoms with Crippen molar-refractivity contribution in [3.05, 3.63) is 35.6 Å². The van der Waals surface area contributed by atoms with Crippen molar-refractivity contribution >= 4 is 23.0 Å². The largest absolute Gasteiger partial charge is 0.508 e. The highest BCUT2D eigenvalue weighted by Crippen LogP contribution is 2.28. The highest BCUT2D eigenvalue weighted by Gasteiger charge is 2.09. The van der Waals surface area contributed by atoms with E-state index in [1.165, 1.54) is 6.08 Å². The monoisotopic (exact) mass is 246 g/mol. The molecule has 0 radical (unpaired) electrons. The number of aryl methyl sites for hydroxylation is 1. The molecule has 2 rings (SSSR count). The third-order valence-electron chi connectivity index (χ3n) is 2.61. The molecule has 4 nitrogen and oxygen atoms in total. The Hall–Kier alpha value is -2.23. The Morgan fingerprint density at radius 1 is 1.50 bits per heavy atom. The second-order valence-electron chi connectivity index (χ2n) is 3.86. The van der Waals surface area contributed by atoms with Crippen molar-refractivity contribution in [1.82, 2.24) is 0 Å². The van der Waals surface area contributed by atoms with Crippen LogP contribution in [0.5, 0.6) is 5.75 Å². The van der Waals surface area contributed by atoms with Gasteiger partial charge < -0.3 is 14.3 Å². The average molecular weight is 246 g/mol. The van der Waals surface area contributed by atoms with Gasteiger partial charge in [0.1, 0.15) is 17.1 Å². The van der Waals surface area contributed by atoms with Gasteiger partial charge in [0.2, 0.25) is 0 Å². The minimum Gasteiger partial charge on any atom is -0.508 e. The second kappa shape index (κ2) is 4.96. The zero-order valence-corrected chi connectivity index (χ0v) is 10.3. The van der Waals surface area contributed by atoms with Crippen LogP contribution in [0, 0.1) is 6.92 Å². The molecule has 1 aromatic carbocycles. The van der Waals surface area contributed by atoms with E-state index in [4.69, 9.17) is 9.15 Å². The summed E-state index contributed by atoms with van der Waals surface area (Å²) in [4.78, 5) is 11.2. The number of benzene rings is 1. The van der Waals surface area contributed by atoms with Crippen LogP contribution in [-0.4, -0.2) is 17.7 Å². The number of carbonyl (C=O) groups excluding carboxylic acids is 1. The lowest BCUT2D eigenvalue weighted by molar-refractivity contribution is -0.137. The number of rotatable bonds is 3. The van der Waals surface area contributed by atoms with Crippen LogP contribution in [0.1, 0.15) is 18.2 Å². The number of esters is 1. The van der Waals surface area contributed by atoms with Gasteiger partial charge in [0.25, 0.3) is 0 Å². The predicted octanol–water partition coefficient (Wildman–Crippen LogP) is 3.02. The Labute approximate surface area is 104 Å². The minimum absolute atomic E-state index is 0.187. The van der Waals surface area contributed by atoms with Crippen LogP contribution >= 0.6 is 0 Å². The number of ether oxygens (including phenoxy) is 1. The summed E-state index contributed by atoms with van der Waals surface area (Å²) in [6.45, 7) is 3.97. The van der Waals surface area contributed by atoms with Crippen LogP contribution in [-0.2, 0) is 9.53 Å². The number of hydrogen-bond donors (Lipinski definition) is 1. The van der Waals surface area contributed by atoms with Gasteiger partial charge in [0.05, 0.1) is 6.61 Å². The summed E-state index contributed by atoms with van der Waals surface area (Å²) in [6, 6.07) is 4.89. The predicted molar refractivity (Wildman–Crippen MR) is 68.3 cm³/mol. The van der Waals surface area contributed by atoms with Crippen molar-refractivity contribution in [1.29, 1.82) is 0 Å². The van der Waals surface area contributed by atoms with Crippen LogP contribution in [0.15, 0.2) is 28.7 Å². The van der Waals surface area contributed by atoms with Crippen molar-refractivity contribution in [3.63, 3.8) is 0 Å². The molecule has 1 aromatic heterocycles. The molecular weight excluding hydrogens is 232 g/mol. The fraction of sp³-hybridized carbons (Fsp3) is 0.214. The zero-order valence-electron chi connectivity index (χ0n) is 10.3. The second-order valence-corrected chi connectivity index (χ2v) is 3.86. The first kappa shape index (κ1) is 12.2. The standard InChI is InChI=1S/C14H14O4/c1-3-17-14(16)7-6-12-9(2)11-8-10(15)4-5-13(11)18-12/h4-8,15H,3H2,1-2H3/b7-6+. The van der Waals surface area contributed by atoms with Gasteiger partial charge in [-0.15, -0.1) is 0 Å². The van der Waals surface area contributed by atoms with Crippen LogP contribution in [0.3, 0.4) is 0 Å². The highest BCUT2D eigenvalue weighted by molar-refractivity contribution is 5.90. The first-order valence-corrected chi connectivity index (χ1v) is 5.68. The molecule has 0 atom stereocenters. The Balaban J connectivity index is 2.34. The lowest BCUT2D eigenvalue weighted by Gasteiger charge is -1.94. The van der Waals surface area contributed by atoms with Gasteiger partial charge >= 0.3 is 5.97 Å². The summed E-state index contributed by atoms with van der Waals surface area (Å²) < 4.78 is 10.4. The smallest absolute Gasteiger partial charge is 0.330 e. The Morgan fingerprint density at radius 3 is 3.00 bits per heavy atom. The van der Waals surface area contributed by atoms with Crippen molar-refractivity contribution in [2.75, 3.05) is 6.61 Å². The van der Waals surface area contributed by atoms with Crippen molar-refractivity contribution in [3.8, 4) is 5.75 Å². The van der Waals surface area contributed by atoms with Gasteiger partial charge in [-0.1, -0.05) is 0 Å². The number of aromatic hydroxyl groups is 1. The summed E-state index contributed by atoms with van der Waals surface area (Å²) in [5.41, 5.74) is 1.55. The van der Waals surface area contributed by atoms with Crippen LogP contribution < -0.4 is 0 Å². The van der Waals surface area contributed by atoms with E-state index in [0.29, 0.717) is 18.0 Å². The van der Waals surface area contributed by atoms with Gasteiger partial charge in [-0.3, -0.25) is 0 Å². The molecule has 0 saturated carbocycles. The fourth-order valence-electron chi connectivity index (χ4n) is 1.72. The van der Waals surface area contributed by atoms with E-state index in [2.05, 4.69) is 0 Å². The molecule has 0 aliphatic rings. The van der Waals surface area contributed by atoms with E-state index in [1.54, 1.807) is 31.2 Å². The maximum atomic E-state index is 11.2. The molecule has 1 heterocycles. The molecule has 0 saturated heterocycles. The lowest BCUT2D eigenvalue weighted by atomic mass is 10.1. The highest BCUT2D eigenvalue weighted by atomic mass is 16.5. The van der Waals surface area contributed by atoms with Gasteiger partial charge in [-0.25, -0.2) is 4.79 Å². The Kier molecular flexibility index (Phi) is 3.37. The van der Waals surface area contributed by atoms with Gasteiger partial charge in [0, 0.05) is 17.0 Å².